The van der Waals surface area contributed by atoms with Gasteiger partial charge in [0.2, 0.25) is 0 Å². The van der Waals surface area contributed by atoms with Crippen LogP contribution >= 0.6 is 0 Å². The summed E-state index contributed by atoms with van der Waals surface area (Å²) in [6, 6.07) is 8.17. The lowest BCUT2D eigenvalue weighted by molar-refractivity contribution is -0.136. The van der Waals surface area contributed by atoms with Crippen molar-refractivity contribution in [1.29, 1.82) is 0 Å². The van der Waals surface area contributed by atoms with E-state index < -0.39 is 0 Å². The third kappa shape index (κ3) is 4.12. The Hall–Kier alpha value is -1.77. The minimum atomic E-state index is -0.301. The van der Waals surface area contributed by atoms with Crippen molar-refractivity contribution in [2.75, 3.05) is 0 Å². The SMILES string of the molecule is CC(C)(CCc1ccc[nH]1)C(=O)C(C)(C)CCc1ccc[nH]1. The number of carbonyl (C=O) groups excluding carboxylic acids is 1. The topological polar surface area (TPSA) is 48.6 Å². The van der Waals surface area contributed by atoms with Gasteiger partial charge in [-0.15, -0.1) is 0 Å². The molecule has 0 aliphatic heterocycles. The number of hydrogen-bond donors (Lipinski definition) is 2. The summed E-state index contributed by atoms with van der Waals surface area (Å²) in [5, 5.41) is 0. The molecule has 0 amide bonds. The molecule has 2 N–H and O–H groups in total. The Balaban J connectivity index is 1.94. The first-order valence-electron chi connectivity index (χ1n) is 8.11. The van der Waals surface area contributed by atoms with Gasteiger partial charge in [0.25, 0.3) is 0 Å². The zero-order chi connectivity index (χ0) is 16.2. The number of carbonyl (C=O) groups is 1. The van der Waals surface area contributed by atoms with Crippen LogP contribution in [0.5, 0.6) is 0 Å². The van der Waals surface area contributed by atoms with Crippen LogP contribution in [0.15, 0.2) is 36.7 Å². The molecule has 2 aromatic rings. The molecule has 3 nitrogen and oxygen atoms in total. The summed E-state index contributed by atoms with van der Waals surface area (Å²) >= 11 is 0. The average molecular weight is 300 g/mol. The Morgan fingerprint density at radius 1 is 0.864 bits per heavy atom. The fourth-order valence-electron chi connectivity index (χ4n) is 3.08. The van der Waals surface area contributed by atoms with E-state index in [-0.39, 0.29) is 10.8 Å². The molecule has 0 fully saturated rings. The highest BCUT2D eigenvalue weighted by atomic mass is 16.1. The van der Waals surface area contributed by atoms with E-state index in [0.29, 0.717) is 5.78 Å². The molecule has 0 atom stereocenters. The van der Waals surface area contributed by atoms with Crippen molar-refractivity contribution in [2.45, 2.75) is 53.4 Å². The van der Waals surface area contributed by atoms with Crippen molar-refractivity contribution in [2.24, 2.45) is 10.8 Å². The molecular weight excluding hydrogens is 272 g/mol. The monoisotopic (exact) mass is 300 g/mol. The number of aryl methyl sites for hydroxylation is 2. The van der Waals surface area contributed by atoms with Crippen molar-refractivity contribution in [1.82, 2.24) is 9.97 Å². The van der Waals surface area contributed by atoms with Crippen LogP contribution in [0.25, 0.3) is 0 Å². The van der Waals surface area contributed by atoms with Crippen LogP contribution in [0.4, 0.5) is 0 Å². The summed E-state index contributed by atoms with van der Waals surface area (Å²) in [5.41, 5.74) is 1.80. The highest BCUT2D eigenvalue weighted by Crippen LogP contribution is 2.36. The molecule has 0 saturated heterocycles. The summed E-state index contributed by atoms with van der Waals surface area (Å²) in [7, 11) is 0. The van der Waals surface area contributed by atoms with Gasteiger partial charge in [-0.1, -0.05) is 27.7 Å². The van der Waals surface area contributed by atoms with Gasteiger partial charge in [-0.3, -0.25) is 4.79 Å². The number of rotatable bonds is 8. The van der Waals surface area contributed by atoms with E-state index >= 15 is 0 Å². The third-order valence-corrected chi connectivity index (χ3v) is 4.59. The van der Waals surface area contributed by atoms with Crippen LogP contribution in [-0.4, -0.2) is 15.8 Å². The second kappa shape index (κ2) is 6.55. The number of Topliss-reactive ketones (excluding diaryl/α,β-unsaturated/α-hetero) is 1. The van der Waals surface area contributed by atoms with E-state index in [2.05, 4.69) is 49.8 Å². The predicted molar refractivity (Wildman–Crippen MR) is 90.8 cm³/mol. The van der Waals surface area contributed by atoms with E-state index in [1.165, 1.54) is 11.4 Å². The second-order valence-corrected chi connectivity index (χ2v) is 7.49. The standard InChI is InChI=1S/C19H28N2O/c1-18(2,11-9-15-7-5-13-20-15)17(22)19(3,4)12-10-16-8-6-14-21-16/h5-8,13-14,20-21H,9-12H2,1-4H3. The molecule has 2 rings (SSSR count). The first-order chi connectivity index (χ1) is 10.3. The summed E-state index contributed by atoms with van der Waals surface area (Å²) in [5.74, 6) is 0.359. The summed E-state index contributed by atoms with van der Waals surface area (Å²) in [6.07, 6.45) is 7.45. The Labute approximate surface area is 133 Å². The molecule has 2 aromatic heterocycles. The number of nitrogens with one attached hydrogen (secondary N) is 2. The molecule has 2 heterocycles. The van der Waals surface area contributed by atoms with E-state index in [1.807, 2.05) is 24.5 Å². The number of hydrogen-bond acceptors (Lipinski definition) is 1. The van der Waals surface area contributed by atoms with E-state index in [0.717, 1.165) is 25.7 Å². The molecule has 0 unspecified atom stereocenters. The molecule has 0 aliphatic rings. The zero-order valence-electron chi connectivity index (χ0n) is 14.2. The molecule has 22 heavy (non-hydrogen) atoms. The number of H-pyrrole nitrogens is 2. The first kappa shape index (κ1) is 16.6. The third-order valence-electron chi connectivity index (χ3n) is 4.59. The fourth-order valence-corrected chi connectivity index (χ4v) is 3.08. The van der Waals surface area contributed by atoms with Crippen molar-refractivity contribution in [3.63, 3.8) is 0 Å². The highest BCUT2D eigenvalue weighted by molar-refractivity contribution is 5.89. The van der Waals surface area contributed by atoms with E-state index in [4.69, 9.17) is 0 Å². The zero-order valence-corrected chi connectivity index (χ0v) is 14.2. The fraction of sp³-hybridized carbons (Fsp3) is 0.526. The average Bonchev–Trinajstić information content (AvgIpc) is 3.15. The number of aromatic nitrogens is 2. The number of ketones is 1. The summed E-state index contributed by atoms with van der Waals surface area (Å²) in [6.45, 7) is 8.31. The van der Waals surface area contributed by atoms with Crippen LogP contribution < -0.4 is 0 Å². The largest absolute Gasteiger partial charge is 0.365 e. The van der Waals surface area contributed by atoms with E-state index in [9.17, 15) is 4.79 Å². The van der Waals surface area contributed by atoms with Gasteiger partial charge in [-0.25, -0.2) is 0 Å². The van der Waals surface area contributed by atoms with Gasteiger partial charge >= 0.3 is 0 Å². The maximum absolute atomic E-state index is 13.0. The lowest BCUT2D eigenvalue weighted by Gasteiger charge is -2.33. The summed E-state index contributed by atoms with van der Waals surface area (Å²) < 4.78 is 0. The predicted octanol–water partition coefficient (Wildman–Crippen LogP) is 4.53. The molecule has 120 valence electrons. The molecule has 0 bridgehead atoms. The van der Waals surface area contributed by atoms with Gasteiger partial charge in [0.05, 0.1) is 0 Å². The van der Waals surface area contributed by atoms with Gasteiger partial charge < -0.3 is 9.97 Å². The van der Waals surface area contributed by atoms with Crippen molar-refractivity contribution in [3.8, 4) is 0 Å². The molecule has 0 spiro atoms. The maximum Gasteiger partial charge on any atom is 0.144 e. The first-order valence-corrected chi connectivity index (χ1v) is 8.11. The molecular formula is C19H28N2O. The Bertz CT molecular complexity index is 525. The Kier molecular flexibility index (Phi) is 4.94. The maximum atomic E-state index is 13.0. The second-order valence-electron chi connectivity index (χ2n) is 7.49. The van der Waals surface area contributed by atoms with Crippen LogP contribution in [0.2, 0.25) is 0 Å². The smallest absolute Gasteiger partial charge is 0.144 e. The Morgan fingerprint density at radius 3 is 1.59 bits per heavy atom. The van der Waals surface area contributed by atoms with Gasteiger partial charge in [0.15, 0.2) is 0 Å². The minimum absolute atomic E-state index is 0.301. The van der Waals surface area contributed by atoms with E-state index in [1.54, 1.807) is 0 Å². The molecule has 0 aromatic carbocycles. The van der Waals surface area contributed by atoms with Gasteiger partial charge in [0, 0.05) is 34.6 Å². The van der Waals surface area contributed by atoms with Crippen LogP contribution in [0, 0.1) is 10.8 Å². The normalized spacial score (nSPS) is 12.5. The lowest BCUT2D eigenvalue weighted by Crippen LogP contribution is -2.37. The Morgan fingerprint density at radius 2 is 1.27 bits per heavy atom. The minimum Gasteiger partial charge on any atom is -0.365 e. The van der Waals surface area contributed by atoms with Gasteiger partial charge in [-0.2, -0.15) is 0 Å². The van der Waals surface area contributed by atoms with Crippen molar-refractivity contribution >= 4 is 5.78 Å². The van der Waals surface area contributed by atoms with Crippen LogP contribution in [0.1, 0.15) is 51.9 Å². The highest BCUT2D eigenvalue weighted by Gasteiger charge is 2.38. The van der Waals surface area contributed by atoms with Crippen LogP contribution in [-0.2, 0) is 17.6 Å². The molecule has 0 aliphatic carbocycles. The van der Waals surface area contributed by atoms with Crippen LogP contribution in [0.3, 0.4) is 0 Å². The van der Waals surface area contributed by atoms with Gasteiger partial charge in [-0.05, 0) is 49.9 Å². The van der Waals surface area contributed by atoms with Gasteiger partial charge in [0.1, 0.15) is 5.78 Å². The lowest BCUT2D eigenvalue weighted by atomic mass is 9.69. The summed E-state index contributed by atoms with van der Waals surface area (Å²) in [4.78, 5) is 19.4. The number of aromatic amines is 2. The quantitative estimate of drug-likeness (QED) is 0.739. The molecule has 0 radical (unpaired) electrons. The molecule has 0 saturated carbocycles. The van der Waals surface area contributed by atoms with Crippen molar-refractivity contribution < 1.29 is 4.79 Å². The van der Waals surface area contributed by atoms with Crippen molar-refractivity contribution in [3.05, 3.63) is 48.0 Å². The molecule has 3 heteroatoms.